The third kappa shape index (κ3) is 3.24. The SMILES string of the molecule is CC(C)CCCc1ccc2c(c1)CCCN2C. The maximum Gasteiger partial charge on any atom is 0.0396 e. The number of rotatable bonds is 4. The van der Waals surface area contributed by atoms with Gasteiger partial charge in [0, 0.05) is 19.3 Å². The summed E-state index contributed by atoms with van der Waals surface area (Å²) < 4.78 is 0. The van der Waals surface area contributed by atoms with Crippen LogP contribution in [-0.4, -0.2) is 13.6 Å². The standard InChI is InChI=1S/C16H25N/c1-13(2)6-4-7-14-9-10-16-15(12-14)8-5-11-17(16)3/h9-10,12-13H,4-8,11H2,1-3H3. The molecule has 1 heteroatoms. The van der Waals surface area contributed by atoms with Crippen molar-refractivity contribution in [3.8, 4) is 0 Å². The van der Waals surface area contributed by atoms with Crippen molar-refractivity contribution in [1.29, 1.82) is 0 Å². The van der Waals surface area contributed by atoms with E-state index in [-0.39, 0.29) is 0 Å². The van der Waals surface area contributed by atoms with E-state index in [0.29, 0.717) is 0 Å². The van der Waals surface area contributed by atoms with Crippen molar-refractivity contribution in [2.45, 2.75) is 46.0 Å². The van der Waals surface area contributed by atoms with Crippen molar-refractivity contribution >= 4 is 5.69 Å². The maximum atomic E-state index is 2.44. The largest absolute Gasteiger partial charge is 0.374 e. The van der Waals surface area contributed by atoms with Crippen LogP contribution in [0, 0.1) is 5.92 Å². The summed E-state index contributed by atoms with van der Waals surface area (Å²) in [5.74, 6) is 0.832. The van der Waals surface area contributed by atoms with Crippen molar-refractivity contribution in [2.75, 3.05) is 18.5 Å². The Morgan fingerprint density at radius 2 is 2.12 bits per heavy atom. The van der Waals surface area contributed by atoms with Gasteiger partial charge in [-0.15, -0.1) is 0 Å². The molecule has 17 heavy (non-hydrogen) atoms. The lowest BCUT2D eigenvalue weighted by Crippen LogP contribution is -2.24. The average Bonchev–Trinajstić information content (AvgIpc) is 2.29. The van der Waals surface area contributed by atoms with Gasteiger partial charge < -0.3 is 4.90 Å². The number of anilines is 1. The third-order valence-corrected chi connectivity index (χ3v) is 3.74. The van der Waals surface area contributed by atoms with Crippen LogP contribution >= 0.6 is 0 Å². The molecule has 0 unspecified atom stereocenters. The van der Waals surface area contributed by atoms with Crippen LogP contribution in [0.5, 0.6) is 0 Å². The monoisotopic (exact) mass is 231 g/mol. The molecule has 0 atom stereocenters. The normalized spacial score (nSPS) is 15.2. The summed E-state index contributed by atoms with van der Waals surface area (Å²) in [5.41, 5.74) is 4.53. The minimum Gasteiger partial charge on any atom is -0.374 e. The molecule has 0 fully saturated rings. The summed E-state index contributed by atoms with van der Waals surface area (Å²) in [6, 6.07) is 7.07. The molecule has 1 aliphatic heterocycles. The van der Waals surface area contributed by atoms with Gasteiger partial charge >= 0.3 is 0 Å². The Hall–Kier alpha value is -0.980. The summed E-state index contributed by atoms with van der Waals surface area (Å²) in [5, 5.41) is 0. The zero-order valence-electron chi connectivity index (χ0n) is 11.5. The highest BCUT2D eigenvalue weighted by Gasteiger charge is 2.13. The van der Waals surface area contributed by atoms with Crippen LogP contribution < -0.4 is 4.90 Å². The van der Waals surface area contributed by atoms with Crippen molar-refractivity contribution < 1.29 is 0 Å². The summed E-state index contributed by atoms with van der Waals surface area (Å²) >= 11 is 0. The summed E-state index contributed by atoms with van der Waals surface area (Å²) in [4.78, 5) is 2.39. The van der Waals surface area contributed by atoms with Gasteiger partial charge in [-0.25, -0.2) is 0 Å². The van der Waals surface area contributed by atoms with E-state index >= 15 is 0 Å². The van der Waals surface area contributed by atoms with Gasteiger partial charge in [-0.05, 0) is 48.8 Å². The average molecular weight is 231 g/mol. The molecule has 0 spiro atoms. The summed E-state index contributed by atoms with van der Waals surface area (Å²) in [7, 11) is 2.20. The Balaban J connectivity index is 2.01. The fraction of sp³-hybridized carbons (Fsp3) is 0.625. The van der Waals surface area contributed by atoms with Gasteiger partial charge in [-0.2, -0.15) is 0 Å². The Labute approximate surface area is 106 Å². The first-order valence-electron chi connectivity index (χ1n) is 7.00. The van der Waals surface area contributed by atoms with E-state index in [1.807, 2.05) is 0 Å². The molecule has 1 aliphatic rings. The fourth-order valence-electron chi connectivity index (χ4n) is 2.71. The highest BCUT2D eigenvalue weighted by atomic mass is 15.1. The molecular formula is C16H25N. The van der Waals surface area contributed by atoms with Crippen LogP contribution in [-0.2, 0) is 12.8 Å². The number of aryl methyl sites for hydroxylation is 2. The molecule has 0 aromatic heterocycles. The first kappa shape index (κ1) is 12.5. The predicted octanol–water partition coefficient (Wildman–Crippen LogP) is 4.05. The maximum absolute atomic E-state index is 2.44. The van der Waals surface area contributed by atoms with E-state index in [4.69, 9.17) is 0 Å². The number of nitrogens with zero attached hydrogens (tertiary/aromatic N) is 1. The van der Waals surface area contributed by atoms with Crippen LogP contribution in [0.25, 0.3) is 0 Å². The molecule has 94 valence electrons. The number of hydrogen-bond acceptors (Lipinski definition) is 1. The highest BCUT2D eigenvalue weighted by molar-refractivity contribution is 5.56. The van der Waals surface area contributed by atoms with Crippen LogP contribution in [0.4, 0.5) is 5.69 Å². The Morgan fingerprint density at radius 3 is 2.88 bits per heavy atom. The van der Waals surface area contributed by atoms with Gasteiger partial charge in [-0.3, -0.25) is 0 Å². The molecule has 0 radical (unpaired) electrons. The number of benzene rings is 1. The quantitative estimate of drug-likeness (QED) is 0.755. The fourth-order valence-corrected chi connectivity index (χ4v) is 2.71. The lowest BCUT2D eigenvalue weighted by atomic mass is 9.96. The molecular weight excluding hydrogens is 206 g/mol. The van der Waals surface area contributed by atoms with E-state index < -0.39 is 0 Å². The second-order valence-electron chi connectivity index (χ2n) is 5.77. The van der Waals surface area contributed by atoms with Gasteiger partial charge in [0.1, 0.15) is 0 Å². The number of fused-ring (bicyclic) bond motifs is 1. The zero-order valence-corrected chi connectivity index (χ0v) is 11.5. The Morgan fingerprint density at radius 1 is 1.29 bits per heavy atom. The molecule has 1 heterocycles. The minimum atomic E-state index is 0.832. The molecule has 0 amide bonds. The molecule has 0 bridgehead atoms. The topological polar surface area (TPSA) is 3.24 Å². The van der Waals surface area contributed by atoms with Gasteiger partial charge in [0.2, 0.25) is 0 Å². The number of hydrogen-bond donors (Lipinski definition) is 0. The molecule has 1 aromatic rings. The van der Waals surface area contributed by atoms with E-state index in [1.165, 1.54) is 49.9 Å². The van der Waals surface area contributed by atoms with Crippen molar-refractivity contribution in [3.05, 3.63) is 29.3 Å². The van der Waals surface area contributed by atoms with Gasteiger partial charge in [0.05, 0.1) is 0 Å². The van der Waals surface area contributed by atoms with E-state index in [0.717, 1.165) is 5.92 Å². The summed E-state index contributed by atoms with van der Waals surface area (Å²) in [6.07, 6.45) is 6.48. The van der Waals surface area contributed by atoms with Crippen LogP contribution in [0.1, 0.15) is 44.2 Å². The van der Waals surface area contributed by atoms with E-state index in [2.05, 4.69) is 44.0 Å². The molecule has 0 saturated carbocycles. The minimum absolute atomic E-state index is 0.832. The lowest BCUT2D eigenvalue weighted by Gasteiger charge is -2.27. The predicted molar refractivity (Wildman–Crippen MR) is 75.8 cm³/mol. The van der Waals surface area contributed by atoms with Crippen LogP contribution in [0.3, 0.4) is 0 Å². The molecule has 2 rings (SSSR count). The first-order chi connectivity index (χ1) is 8.16. The Kier molecular flexibility index (Phi) is 4.09. The van der Waals surface area contributed by atoms with Gasteiger partial charge in [0.25, 0.3) is 0 Å². The summed E-state index contributed by atoms with van der Waals surface area (Å²) in [6.45, 7) is 5.82. The van der Waals surface area contributed by atoms with Gasteiger partial charge in [0.15, 0.2) is 0 Å². The van der Waals surface area contributed by atoms with Crippen molar-refractivity contribution in [3.63, 3.8) is 0 Å². The van der Waals surface area contributed by atoms with Crippen LogP contribution in [0.15, 0.2) is 18.2 Å². The second kappa shape index (κ2) is 5.57. The van der Waals surface area contributed by atoms with Gasteiger partial charge in [-0.1, -0.05) is 32.4 Å². The van der Waals surface area contributed by atoms with E-state index in [9.17, 15) is 0 Å². The Bertz CT molecular complexity index is 368. The van der Waals surface area contributed by atoms with E-state index in [1.54, 1.807) is 5.56 Å². The molecule has 0 aliphatic carbocycles. The smallest absolute Gasteiger partial charge is 0.0396 e. The van der Waals surface area contributed by atoms with Crippen molar-refractivity contribution in [2.24, 2.45) is 5.92 Å². The first-order valence-corrected chi connectivity index (χ1v) is 7.00. The highest BCUT2D eigenvalue weighted by Crippen LogP contribution is 2.27. The molecule has 0 N–H and O–H groups in total. The lowest BCUT2D eigenvalue weighted by molar-refractivity contribution is 0.555. The second-order valence-corrected chi connectivity index (χ2v) is 5.77. The molecule has 1 aromatic carbocycles. The van der Waals surface area contributed by atoms with Crippen LogP contribution in [0.2, 0.25) is 0 Å². The molecule has 0 saturated heterocycles. The van der Waals surface area contributed by atoms with Crippen molar-refractivity contribution in [1.82, 2.24) is 0 Å². The zero-order chi connectivity index (χ0) is 12.3. The third-order valence-electron chi connectivity index (χ3n) is 3.74. The molecule has 1 nitrogen and oxygen atoms in total.